The summed E-state index contributed by atoms with van der Waals surface area (Å²) in [4.78, 5) is 29.1. The number of ether oxygens (including phenoxy) is 2. The van der Waals surface area contributed by atoms with E-state index in [1.165, 1.54) is 23.8 Å². The predicted molar refractivity (Wildman–Crippen MR) is 135 cm³/mol. The Kier molecular flexibility index (Phi) is 7.88. The molecule has 2 atom stereocenters. The van der Waals surface area contributed by atoms with Crippen molar-refractivity contribution in [1.29, 1.82) is 0 Å². The Labute approximate surface area is 216 Å². The average molecular weight is 512 g/mol. The van der Waals surface area contributed by atoms with Crippen molar-refractivity contribution < 1.29 is 28.6 Å². The molecule has 0 saturated heterocycles. The van der Waals surface area contributed by atoms with Crippen LogP contribution in [-0.4, -0.2) is 53.4 Å². The predicted octanol–water partition coefficient (Wildman–Crippen LogP) is 3.66. The van der Waals surface area contributed by atoms with Crippen LogP contribution in [0, 0.1) is 11.7 Å². The molecule has 1 amide bonds. The van der Waals surface area contributed by atoms with Crippen molar-refractivity contribution in [2.45, 2.75) is 76.0 Å². The molecule has 8 nitrogen and oxygen atoms in total. The van der Waals surface area contributed by atoms with Gasteiger partial charge < -0.3 is 25.2 Å². The van der Waals surface area contributed by atoms with E-state index in [4.69, 9.17) is 14.5 Å². The summed E-state index contributed by atoms with van der Waals surface area (Å²) >= 11 is 0. The summed E-state index contributed by atoms with van der Waals surface area (Å²) in [5.41, 5.74) is 3.13. The van der Waals surface area contributed by atoms with Crippen LogP contribution in [0.15, 0.2) is 30.3 Å². The largest absolute Gasteiger partial charge is 0.480 e. The Morgan fingerprint density at radius 2 is 2.08 bits per heavy atom. The Morgan fingerprint density at radius 1 is 1.22 bits per heavy atom. The summed E-state index contributed by atoms with van der Waals surface area (Å²) in [6, 6.07) is 7.45. The van der Waals surface area contributed by atoms with E-state index >= 15 is 0 Å². The molecule has 2 aromatic rings. The van der Waals surface area contributed by atoms with E-state index < -0.39 is 24.0 Å². The fraction of sp³-hybridized carbons (Fsp3) is 0.536. The number of hydrogen-bond donors (Lipinski definition) is 3. The molecular formula is C28H34FN3O5. The van der Waals surface area contributed by atoms with Crippen molar-refractivity contribution in [3.63, 3.8) is 0 Å². The zero-order valence-electron chi connectivity index (χ0n) is 20.9. The third-order valence-corrected chi connectivity index (χ3v) is 7.59. The summed E-state index contributed by atoms with van der Waals surface area (Å²) < 4.78 is 25.0. The van der Waals surface area contributed by atoms with Crippen LogP contribution in [0.5, 0.6) is 5.75 Å². The number of fused-ring (bicyclic) bond motifs is 2. The molecule has 2 unspecified atom stereocenters. The average Bonchev–Trinajstić information content (AvgIpc) is 2.88. The number of carbonyl (C=O) groups is 2. The van der Waals surface area contributed by atoms with Crippen molar-refractivity contribution in [2.24, 2.45) is 5.92 Å². The minimum atomic E-state index is -1.10. The topological polar surface area (TPSA) is 110 Å². The van der Waals surface area contributed by atoms with Gasteiger partial charge in [-0.2, -0.15) is 0 Å². The molecule has 1 aromatic carbocycles. The van der Waals surface area contributed by atoms with Crippen molar-refractivity contribution in [2.75, 3.05) is 18.5 Å². The van der Waals surface area contributed by atoms with Gasteiger partial charge in [-0.25, -0.2) is 14.2 Å². The van der Waals surface area contributed by atoms with Crippen LogP contribution in [0.3, 0.4) is 0 Å². The highest BCUT2D eigenvalue weighted by atomic mass is 19.1. The highest BCUT2D eigenvalue weighted by Gasteiger charge is 2.32. The Bertz CT molecular complexity index is 1140. The van der Waals surface area contributed by atoms with Crippen LogP contribution < -0.4 is 15.4 Å². The normalized spacial score (nSPS) is 22.9. The summed E-state index contributed by atoms with van der Waals surface area (Å²) in [6.45, 7) is 1.25. The van der Waals surface area contributed by atoms with Gasteiger partial charge in [-0.15, -0.1) is 0 Å². The molecule has 0 spiro atoms. The number of aromatic nitrogens is 1. The quantitative estimate of drug-likeness (QED) is 0.447. The number of aliphatic carboxylic acids is 1. The number of pyridine rings is 1. The maximum atomic E-state index is 13.4. The Balaban J connectivity index is 1.00. The van der Waals surface area contributed by atoms with Crippen LogP contribution in [0.2, 0.25) is 0 Å². The lowest BCUT2D eigenvalue weighted by atomic mass is 9.79. The van der Waals surface area contributed by atoms with Gasteiger partial charge in [-0.1, -0.05) is 6.07 Å². The second kappa shape index (κ2) is 11.5. The fourth-order valence-electron chi connectivity index (χ4n) is 5.32. The van der Waals surface area contributed by atoms with E-state index in [-0.39, 0.29) is 24.9 Å². The maximum absolute atomic E-state index is 13.4. The standard InChI is InChI=1S/C28H34FN3O5/c29-20-6-10-24-19(16-20)5-9-25(37-24)27(33)32-23(28(34)35)11-13-36-22-14-17(15-22)3-7-21-8-4-18-2-1-12-30-26(18)31-21/h4,6,8,10,16-17,22-23,25H,1-3,5,7,9,11-15H2,(H,30,31)(H,32,33)(H,34,35). The van der Waals surface area contributed by atoms with Gasteiger partial charge in [0.25, 0.3) is 5.91 Å². The number of rotatable bonds is 10. The smallest absolute Gasteiger partial charge is 0.326 e. The molecule has 3 heterocycles. The van der Waals surface area contributed by atoms with Crippen molar-refractivity contribution in [3.05, 3.63) is 53.0 Å². The maximum Gasteiger partial charge on any atom is 0.326 e. The highest BCUT2D eigenvalue weighted by Crippen LogP contribution is 2.34. The molecule has 3 aliphatic rings. The molecule has 1 fully saturated rings. The van der Waals surface area contributed by atoms with E-state index in [0.29, 0.717) is 30.1 Å². The third kappa shape index (κ3) is 6.39. The molecule has 37 heavy (non-hydrogen) atoms. The van der Waals surface area contributed by atoms with E-state index in [9.17, 15) is 19.1 Å². The van der Waals surface area contributed by atoms with Gasteiger partial charge in [0.05, 0.1) is 6.10 Å². The van der Waals surface area contributed by atoms with Crippen LogP contribution in [0.1, 0.15) is 55.3 Å². The second-order valence-electron chi connectivity index (χ2n) is 10.3. The van der Waals surface area contributed by atoms with Crippen LogP contribution >= 0.6 is 0 Å². The SMILES string of the molecule is O=C(O)C(CCOC1CC(CCc2ccc3c(n2)NCCC3)C1)NC(=O)C1CCc2cc(F)ccc2O1. The molecule has 198 valence electrons. The molecule has 1 saturated carbocycles. The van der Waals surface area contributed by atoms with Crippen molar-refractivity contribution in [3.8, 4) is 5.75 Å². The first kappa shape index (κ1) is 25.4. The summed E-state index contributed by atoms with van der Waals surface area (Å²) in [5, 5.41) is 15.5. The molecule has 2 aliphatic heterocycles. The van der Waals surface area contributed by atoms with Crippen LogP contribution in [-0.2, 0) is 33.6 Å². The van der Waals surface area contributed by atoms with Gasteiger partial charge in [-0.05, 0) is 92.7 Å². The van der Waals surface area contributed by atoms with Crippen molar-refractivity contribution >= 4 is 17.7 Å². The summed E-state index contributed by atoms with van der Waals surface area (Å²) in [5.74, 6) is 0.157. The molecular weight excluding hydrogens is 477 g/mol. The first-order chi connectivity index (χ1) is 17.9. The lowest BCUT2D eigenvalue weighted by Crippen LogP contribution is -2.48. The first-order valence-electron chi connectivity index (χ1n) is 13.3. The number of anilines is 1. The van der Waals surface area contributed by atoms with Crippen LogP contribution in [0.25, 0.3) is 0 Å². The second-order valence-corrected chi connectivity index (χ2v) is 10.3. The lowest BCUT2D eigenvalue weighted by molar-refractivity contribution is -0.144. The number of carboxylic acids is 1. The molecule has 0 bridgehead atoms. The van der Waals surface area contributed by atoms with Gasteiger partial charge in [0.15, 0.2) is 6.10 Å². The highest BCUT2D eigenvalue weighted by molar-refractivity contribution is 5.86. The molecule has 1 aliphatic carbocycles. The molecule has 0 radical (unpaired) electrons. The fourth-order valence-corrected chi connectivity index (χ4v) is 5.32. The summed E-state index contributed by atoms with van der Waals surface area (Å²) in [6.07, 6.45) is 6.56. The van der Waals surface area contributed by atoms with Gasteiger partial charge >= 0.3 is 5.97 Å². The van der Waals surface area contributed by atoms with Crippen molar-refractivity contribution in [1.82, 2.24) is 10.3 Å². The minimum Gasteiger partial charge on any atom is -0.480 e. The number of aryl methyl sites for hydroxylation is 3. The van der Waals surface area contributed by atoms with E-state index in [0.717, 1.165) is 56.6 Å². The number of carboxylic acid groups (broad SMARTS) is 1. The van der Waals surface area contributed by atoms with E-state index in [1.54, 1.807) is 0 Å². The first-order valence-corrected chi connectivity index (χ1v) is 13.3. The van der Waals surface area contributed by atoms with Gasteiger partial charge in [0.2, 0.25) is 0 Å². The zero-order chi connectivity index (χ0) is 25.8. The van der Waals surface area contributed by atoms with Gasteiger partial charge in [-0.3, -0.25) is 4.79 Å². The van der Waals surface area contributed by atoms with E-state index in [1.807, 2.05) is 0 Å². The number of amides is 1. The Hall–Kier alpha value is -3.20. The summed E-state index contributed by atoms with van der Waals surface area (Å²) in [7, 11) is 0. The Morgan fingerprint density at radius 3 is 2.92 bits per heavy atom. The van der Waals surface area contributed by atoms with Gasteiger partial charge in [0, 0.05) is 25.3 Å². The third-order valence-electron chi connectivity index (χ3n) is 7.59. The molecule has 9 heteroatoms. The van der Waals surface area contributed by atoms with E-state index in [2.05, 4.69) is 22.8 Å². The molecule has 3 N–H and O–H groups in total. The number of nitrogens with one attached hydrogen (secondary N) is 2. The number of hydrogen-bond acceptors (Lipinski definition) is 6. The van der Waals surface area contributed by atoms with Crippen LogP contribution in [0.4, 0.5) is 10.2 Å². The zero-order valence-corrected chi connectivity index (χ0v) is 20.9. The number of nitrogens with zero attached hydrogens (tertiary/aromatic N) is 1. The number of carbonyl (C=O) groups excluding carboxylic acids is 1. The monoisotopic (exact) mass is 511 g/mol. The lowest BCUT2D eigenvalue weighted by Gasteiger charge is -2.35. The minimum absolute atomic E-state index is 0.131. The molecule has 1 aromatic heterocycles. The molecule has 5 rings (SSSR count). The number of halogens is 1. The van der Waals surface area contributed by atoms with Gasteiger partial charge in [0.1, 0.15) is 23.4 Å². The number of benzene rings is 1.